The van der Waals surface area contributed by atoms with E-state index in [1.54, 1.807) is 0 Å². The SMILES string of the molecule is CCCCCCCC(=O)OC(=O)C(CC(=O)O)S(=O)(=O)O. The minimum absolute atomic E-state index is 0.0687. The van der Waals surface area contributed by atoms with E-state index in [1.807, 2.05) is 6.92 Å². The first kappa shape index (κ1) is 19.5. The van der Waals surface area contributed by atoms with Gasteiger partial charge in [-0.25, -0.2) is 0 Å². The molecule has 0 aliphatic carbocycles. The van der Waals surface area contributed by atoms with Gasteiger partial charge in [-0.3, -0.25) is 18.9 Å². The molecule has 0 rings (SSSR count). The average molecular weight is 324 g/mol. The lowest BCUT2D eigenvalue weighted by Gasteiger charge is -2.10. The van der Waals surface area contributed by atoms with Crippen molar-refractivity contribution in [2.45, 2.75) is 57.1 Å². The molecule has 8 nitrogen and oxygen atoms in total. The summed E-state index contributed by atoms with van der Waals surface area (Å²) in [6.07, 6.45) is 3.02. The molecular weight excluding hydrogens is 304 g/mol. The second-order valence-corrected chi connectivity index (χ2v) is 6.16. The summed E-state index contributed by atoms with van der Waals surface area (Å²) >= 11 is 0. The number of aliphatic carboxylic acids is 1. The highest BCUT2D eigenvalue weighted by Gasteiger charge is 2.36. The fraction of sp³-hybridized carbons (Fsp3) is 0.750. The maximum Gasteiger partial charge on any atom is 0.335 e. The van der Waals surface area contributed by atoms with Gasteiger partial charge in [0.05, 0.1) is 6.42 Å². The van der Waals surface area contributed by atoms with Crippen LogP contribution < -0.4 is 0 Å². The highest BCUT2D eigenvalue weighted by atomic mass is 32.2. The summed E-state index contributed by atoms with van der Waals surface area (Å²) in [4.78, 5) is 33.2. The number of rotatable bonds is 10. The van der Waals surface area contributed by atoms with E-state index in [4.69, 9.17) is 9.66 Å². The number of hydrogen-bond donors (Lipinski definition) is 2. The molecule has 0 heterocycles. The highest BCUT2D eigenvalue weighted by Crippen LogP contribution is 2.10. The van der Waals surface area contributed by atoms with Crippen LogP contribution in [0.3, 0.4) is 0 Å². The standard InChI is InChI=1S/C12H20O8S/c1-2-3-4-5-6-7-11(15)20-12(16)9(8-10(13)14)21(17,18)19/h9H,2-8H2,1H3,(H,13,14)(H,17,18,19). The molecule has 0 fully saturated rings. The van der Waals surface area contributed by atoms with Crippen LogP contribution >= 0.6 is 0 Å². The van der Waals surface area contributed by atoms with Crippen LogP contribution in [-0.2, 0) is 29.2 Å². The van der Waals surface area contributed by atoms with Gasteiger partial charge in [-0.1, -0.05) is 32.6 Å². The predicted molar refractivity (Wildman–Crippen MR) is 72.1 cm³/mol. The largest absolute Gasteiger partial charge is 0.481 e. The second-order valence-electron chi connectivity index (χ2n) is 4.56. The predicted octanol–water partition coefficient (Wildman–Crippen LogP) is 1.15. The minimum Gasteiger partial charge on any atom is -0.481 e. The molecule has 0 saturated carbocycles. The van der Waals surface area contributed by atoms with Crippen molar-refractivity contribution in [3.8, 4) is 0 Å². The van der Waals surface area contributed by atoms with Gasteiger partial charge in [-0.05, 0) is 6.42 Å². The van der Waals surface area contributed by atoms with E-state index in [1.165, 1.54) is 0 Å². The summed E-state index contributed by atoms with van der Waals surface area (Å²) in [5, 5.41) is 6.19. The van der Waals surface area contributed by atoms with Crippen LogP contribution in [0, 0.1) is 0 Å². The van der Waals surface area contributed by atoms with Gasteiger partial charge in [-0.2, -0.15) is 8.42 Å². The topological polar surface area (TPSA) is 135 Å². The van der Waals surface area contributed by atoms with Crippen molar-refractivity contribution in [2.24, 2.45) is 0 Å². The first-order valence-corrected chi connectivity index (χ1v) is 8.11. The molecule has 0 aromatic heterocycles. The normalized spacial score (nSPS) is 12.7. The summed E-state index contributed by atoms with van der Waals surface area (Å²) in [7, 11) is -4.94. The van der Waals surface area contributed by atoms with E-state index in [9.17, 15) is 22.8 Å². The van der Waals surface area contributed by atoms with Gasteiger partial charge in [0.2, 0.25) is 0 Å². The van der Waals surface area contributed by atoms with Crippen LogP contribution in [0.25, 0.3) is 0 Å². The third-order valence-electron chi connectivity index (χ3n) is 2.68. The van der Waals surface area contributed by atoms with Crippen molar-refractivity contribution in [1.29, 1.82) is 0 Å². The van der Waals surface area contributed by atoms with E-state index in [-0.39, 0.29) is 6.42 Å². The fourth-order valence-corrected chi connectivity index (χ4v) is 2.22. The monoisotopic (exact) mass is 324 g/mol. The summed E-state index contributed by atoms with van der Waals surface area (Å²) < 4.78 is 34.9. The van der Waals surface area contributed by atoms with Crippen LogP contribution in [-0.4, -0.2) is 41.2 Å². The Kier molecular flexibility index (Phi) is 8.79. The summed E-state index contributed by atoms with van der Waals surface area (Å²) in [6, 6.07) is 0. The Morgan fingerprint density at radius 2 is 1.67 bits per heavy atom. The average Bonchev–Trinajstić information content (AvgIpc) is 2.34. The number of carboxylic acid groups (broad SMARTS) is 1. The molecule has 0 amide bonds. The zero-order valence-electron chi connectivity index (χ0n) is 11.8. The first-order valence-electron chi connectivity index (χ1n) is 6.61. The first-order chi connectivity index (χ1) is 9.68. The van der Waals surface area contributed by atoms with Crippen molar-refractivity contribution in [2.75, 3.05) is 0 Å². The van der Waals surface area contributed by atoms with Crippen LogP contribution in [0.5, 0.6) is 0 Å². The molecule has 0 aromatic rings. The quantitative estimate of drug-likeness (QED) is 0.264. The van der Waals surface area contributed by atoms with E-state index in [0.717, 1.165) is 25.7 Å². The maximum absolute atomic E-state index is 11.4. The molecule has 0 aliphatic heterocycles. The van der Waals surface area contributed by atoms with E-state index in [0.29, 0.717) is 6.42 Å². The zero-order valence-corrected chi connectivity index (χ0v) is 12.6. The molecule has 1 unspecified atom stereocenters. The minimum atomic E-state index is -4.94. The molecule has 122 valence electrons. The molecule has 1 atom stereocenters. The second kappa shape index (κ2) is 9.46. The number of carbonyl (C=O) groups excluding carboxylic acids is 2. The maximum atomic E-state index is 11.4. The molecule has 0 radical (unpaired) electrons. The zero-order chi connectivity index (χ0) is 16.5. The van der Waals surface area contributed by atoms with Gasteiger partial charge in [0.25, 0.3) is 10.1 Å². The molecule has 0 bridgehead atoms. The van der Waals surface area contributed by atoms with E-state index in [2.05, 4.69) is 4.74 Å². The smallest absolute Gasteiger partial charge is 0.335 e. The Bertz CT molecular complexity index is 468. The Labute approximate surface area is 123 Å². The van der Waals surface area contributed by atoms with Crippen LogP contribution in [0.1, 0.15) is 51.9 Å². The molecular formula is C12H20O8S. The van der Waals surface area contributed by atoms with Crippen LogP contribution in [0.2, 0.25) is 0 Å². The lowest BCUT2D eigenvalue weighted by atomic mass is 10.1. The highest BCUT2D eigenvalue weighted by molar-refractivity contribution is 7.87. The molecule has 2 N–H and O–H groups in total. The Morgan fingerprint density at radius 1 is 1.10 bits per heavy atom. The van der Waals surface area contributed by atoms with Crippen LogP contribution in [0.4, 0.5) is 0 Å². The summed E-state index contributed by atoms with van der Waals surface area (Å²) in [6.45, 7) is 2.03. The van der Waals surface area contributed by atoms with E-state index >= 15 is 0 Å². The van der Waals surface area contributed by atoms with Crippen molar-refractivity contribution in [3.05, 3.63) is 0 Å². The molecule has 21 heavy (non-hydrogen) atoms. The number of hydrogen-bond acceptors (Lipinski definition) is 6. The lowest BCUT2D eigenvalue weighted by molar-refractivity contribution is -0.160. The van der Waals surface area contributed by atoms with Gasteiger partial charge in [0.1, 0.15) is 0 Å². The van der Waals surface area contributed by atoms with Gasteiger partial charge in [0.15, 0.2) is 5.25 Å². The summed E-state index contributed by atoms with van der Waals surface area (Å²) in [5.41, 5.74) is 0. The van der Waals surface area contributed by atoms with Crippen molar-refractivity contribution in [1.82, 2.24) is 0 Å². The number of ether oxygens (including phenoxy) is 1. The van der Waals surface area contributed by atoms with Crippen molar-refractivity contribution < 1.29 is 37.2 Å². The van der Waals surface area contributed by atoms with Gasteiger partial charge < -0.3 is 9.84 Å². The lowest BCUT2D eigenvalue weighted by Crippen LogP contribution is -2.35. The van der Waals surface area contributed by atoms with Gasteiger partial charge >= 0.3 is 17.9 Å². The Morgan fingerprint density at radius 3 is 2.14 bits per heavy atom. The summed E-state index contributed by atoms with van der Waals surface area (Å²) in [5.74, 6) is -4.12. The number of esters is 2. The van der Waals surface area contributed by atoms with Crippen LogP contribution in [0.15, 0.2) is 0 Å². The molecule has 0 aliphatic rings. The number of unbranched alkanes of at least 4 members (excludes halogenated alkanes) is 4. The van der Waals surface area contributed by atoms with Gasteiger partial charge in [0, 0.05) is 6.42 Å². The molecule has 9 heteroatoms. The Hall–Kier alpha value is -1.48. The number of carbonyl (C=O) groups is 3. The molecule has 0 saturated heterocycles. The molecule has 0 spiro atoms. The van der Waals surface area contributed by atoms with Crippen molar-refractivity contribution >= 4 is 28.0 Å². The third-order valence-corrected chi connectivity index (χ3v) is 3.76. The van der Waals surface area contributed by atoms with Gasteiger partial charge in [-0.15, -0.1) is 0 Å². The fourth-order valence-electron chi connectivity index (χ4n) is 1.57. The molecule has 0 aromatic carbocycles. The Balaban J connectivity index is 4.36. The number of carboxylic acids is 1. The van der Waals surface area contributed by atoms with E-state index < -0.39 is 39.7 Å². The van der Waals surface area contributed by atoms with Crippen molar-refractivity contribution in [3.63, 3.8) is 0 Å². The third kappa shape index (κ3) is 9.14.